The molecule has 2 saturated heterocycles. The Morgan fingerprint density at radius 1 is 1.22 bits per heavy atom. The summed E-state index contributed by atoms with van der Waals surface area (Å²) in [6.45, 7) is 6.10. The fourth-order valence-electron chi connectivity index (χ4n) is 3.56. The Bertz CT molecular complexity index is 496. The molecule has 2 aliphatic heterocycles. The molecule has 0 bridgehead atoms. The number of hydrogen-bond acceptors (Lipinski definition) is 4. The average Bonchev–Trinajstić information content (AvgIpc) is 2.56. The van der Waals surface area contributed by atoms with Crippen LogP contribution >= 0.6 is 11.6 Å². The largest absolute Gasteiger partial charge is 0.393 e. The number of rotatable bonds is 4. The van der Waals surface area contributed by atoms with Crippen molar-refractivity contribution in [3.05, 3.63) is 34.6 Å². The zero-order chi connectivity index (χ0) is 16.2. The van der Waals surface area contributed by atoms with Crippen LogP contribution in [0, 0.1) is 5.82 Å². The van der Waals surface area contributed by atoms with Gasteiger partial charge in [0.2, 0.25) is 0 Å². The van der Waals surface area contributed by atoms with E-state index in [1.807, 2.05) is 0 Å². The van der Waals surface area contributed by atoms with Crippen LogP contribution in [0.3, 0.4) is 0 Å². The van der Waals surface area contributed by atoms with Gasteiger partial charge < -0.3 is 15.3 Å². The zero-order valence-corrected chi connectivity index (χ0v) is 14.1. The Hall–Kier alpha value is -0.720. The van der Waals surface area contributed by atoms with Gasteiger partial charge >= 0.3 is 0 Å². The first kappa shape index (κ1) is 17.1. The lowest BCUT2D eigenvalue weighted by molar-refractivity contribution is 0.0582. The second kappa shape index (κ2) is 7.90. The molecule has 0 aliphatic carbocycles. The number of aliphatic hydroxyl groups is 1. The van der Waals surface area contributed by atoms with Gasteiger partial charge in [-0.15, -0.1) is 0 Å². The fourth-order valence-corrected chi connectivity index (χ4v) is 3.85. The topological polar surface area (TPSA) is 38.7 Å². The van der Waals surface area contributed by atoms with Gasteiger partial charge in [0.1, 0.15) is 5.82 Å². The van der Waals surface area contributed by atoms with Crippen molar-refractivity contribution in [1.82, 2.24) is 15.1 Å². The highest BCUT2D eigenvalue weighted by molar-refractivity contribution is 6.31. The number of likely N-dealkylation sites (tertiary alicyclic amines) is 1. The molecule has 4 nitrogen and oxygen atoms in total. The van der Waals surface area contributed by atoms with Crippen molar-refractivity contribution in [3.63, 3.8) is 0 Å². The quantitative estimate of drug-likeness (QED) is 0.877. The van der Waals surface area contributed by atoms with E-state index in [0.29, 0.717) is 10.6 Å². The highest BCUT2D eigenvalue weighted by Crippen LogP contribution is 2.31. The van der Waals surface area contributed by atoms with Crippen LogP contribution in [0.25, 0.3) is 0 Å². The van der Waals surface area contributed by atoms with Gasteiger partial charge in [-0.25, -0.2) is 4.39 Å². The molecule has 1 aromatic rings. The Morgan fingerprint density at radius 3 is 2.57 bits per heavy atom. The third-order valence-electron chi connectivity index (χ3n) is 4.91. The maximum Gasteiger partial charge on any atom is 0.129 e. The van der Waals surface area contributed by atoms with Crippen LogP contribution < -0.4 is 5.32 Å². The van der Waals surface area contributed by atoms with Crippen molar-refractivity contribution >= 4 is 11.6 Å². The van der Waals surface area contributed by atoms with Crippen molar-refractivity contribution in [2.75, 3.05) is 45.8 Å². The van der Waals surface area contributed by atoms with E-state index in [4.69, 9.17) is 11.6 Å². The number of aliphatic hydroxyl groups excluding tert-OH is 1. The van der Waals surface area contributed by atoms with Crippen molar-refractivity contribution in [3.8, 4) is 0 Å². The summed E-state index contributed by atoms with van der Waals surface area (Å²) < 4.78 is 14.5. The van der Waals surface area contributed by atoms with E-state index in [1.54, 1.807) is 12.1 Å². The maximum atomic E-state index is 14.5. The van der Waals surface area contributed by atoms with Crippen LogP contribution in [0.15, 0.2) is 18.2 Å². The zero-order valence-electron chi connectivity index (χ0n) is 13.3. The number of nitrogens with one attached hydrogen (secondary N) is 1. The number of halogens is 2. The second-order valence-corrected chi connectivity index (χ2v) is 6.88. The highest BCUT2D eigenvalue weighted by Gasteiger charge is 2.29. The smallest absolute Gasteiger partial charge is 0.129 e. The number of piperidine rings is 1. The number of hydrogen-bond donors (Lipinski definition) is 2. The van der Waals surface area contributed by atoms with Gasteiger partial charge in [0.25, 0.3) is 0 Å². The van der Waals surface area contributed by atoms with Gasteiger partial charge in [0.15, 0.2) is 0 Å². The first-order valence-corrected chi connectivity index (χ1v) is 8.82. The molecule has 0 radical (unpaired) electrons. The average molecular weight is 342 g/mol. The van der Waals surface area contributed by atoms with Crippen LogP contribution in [-0.4, -0.2) is 66.8 Å². The first-order valence-electron chi connectivity index (χ1n) is 8.44. The summed E-state index contributed by atoms with van der Waals surface area (Å²) in [6, 6.07) is 4.89. The van der Waals surface area contributed by atoms with Crippen LogP contribution in [0.5, 0.6) is 0 Å². The molecule has 2 N–H and O–H groups in total. The van der Waals surface area contributed by atoms with Crippen LogP contribution in [0.2, 0.25) is 5.02 Å². The molecule has 1 atom stereocenters. The summed E-state index contributed by atoms with van der Waals surface area (Å²) in [5.41, 5.74) is 0.613. The molecule has 2 heterocycles. The van der Waals surface area contributed by atoms with E-state index in [-0.39, 0.29) is 18.0 Å². The minimum absolute atomic E-state index is 0.0407. The molecule has 2 aliphatic rings. The summed E-state index contributed by atoms with van der Waals surface area (Å²) in [5.74, 6) is -0.224. The SMILES string of the molecule is OC1CCN(CC(c2c(F)cccc2Cl)N2CCNCC2)CC1. The van der Waals surface area contributed by atoms with E-state index in [1.165, 1.54) is 6.07 Å². The Kier molecular flexibility index (Phi) is 5.88. The van der Waals surface area contributed by atoms with Gasteiger partial charge in [-0.1, -0.05) is 17.7 Å². The molecule has 0 aromatic heterocycles. The molecule has 0 saturated carbocycles. The predicted molar refractivity (Wildman–Crippen MR) is 90.3 cm³/mol. The van der Waals surface area contributed by atoms with E-state index < -0.39 is 0 Å². The molecule has 0 amide bonds. The third-order valence-corrected chi connectivity index (χ3v) is 5.24. The van der Waals surface area contributed by atoms with Gasteiger partial charge in [-0.3, -0.25) is 4.90 Å². The minimum Gasteiger partial charge on any atom is -0.393 e. The summed E-state index contributed by atoms with van der Waals surface area (Å²) in [7, 11) is 0. The highest BCUT2D eigenvalue weighted by atomic mass is 35.5. The molecule has 1 unspecified atom stereocenters. The normalized spacial score (nSPS) is 23.1. The molecular formula is C17H25ClFN3O. The van der Waals surface area contributed by atoms with Gasteiger partial charge in [-0.2, -0.15) is 0 Å². The van der Waals surface area contributed by atoms with E-state index >= 15 is 0 Å². The molecular weight excluding hydrogens is 317 g/mol. The fraction of sp³-hybridized carbons (Fsp3) is 0.647. The van der Waals surface area contributed by atoms with Crippen molar-refractivity contribution in [1.29, 1.82) is 0 Å². The van der Waals surface area contributed by atoms with Gasteiger partial charge in [-0.05, 0) is 25.0 Å². The van der Waals surface area contributed by atoms with E-state index in [9.17, 15) is 9.50 Å². The first-order chi connectivity index (χ1) is 11.1. The third kappa shape index (κ3) is 4.22. The second-order valence-electron chi connectivity index (χ2n) is 6.47. The molecule has 128 valence electrons. The van der Waals surface area contributed by atoms with E-state index in [2.05, 4.69) is 15.1 Å². The molecule has 0 spiro atoms. The Morgan fingerprint density at radius 2 is 1.91 bits per heavy atom. The Labute approximate surface area is 142 Å². The number of benzene rings is 1. The monoisotopic (exact) mass is 341 g/mol. The number of nitrogens with zero attached hydrogens (tertiary/aromatic N) is 2. The minimum atomic E-state index is -0.224. The Balaban J connectivity index is 1.81. The summed E-state index contributed by atoms with van der Waals surface area (Å²) >= 11 is 6.34. The summed E-state index contributed by atoms with van der Waals surface area (Å²) in [6.07, 6.45) is 1.39. The predicted octanol–water partition coefficient (Wildman–Crippen LogP) is 1.88. The number of piperazine rings is 1. The van der Waals surface area contributed by atoms with Crippen molar-refractivity contribution < 1.29 is 9.50 Å². The lowest BCUT2D eigenvalue weighted by atomic mass is 10.0. The van der Waals surface area contributed by atoms with Gasteiger partial charge in [0.05, 0.1) is 12.1 Å². The molecule has 3 rings (SSSR count). The van der Waals surface area contributed by atoms with Crippen LogP contribution in [-0.2, 0) is 0 Å². The lowest BCUT2D eigenvalue weighted by Gasteiger charge is -2.40. The standard InChI is InChI=1S/C17H25ClFN3O/c18-14-2-1-3-15(19)17(14)16(22-10-6-20-7-11-22)12-21-8-4-13(23)5-9-21/h1-3,13,16,20,23H,4-12H2. The van der Waals surface area contributed by atoms with Crippen molar-refractivity contribution in [2.45, 2.75) is 25.0 Å². The van der Waals surface area contributed by atoms with Crippen molar-refractivity contribution in [2.24, 2.45) is 0 Å². The van der Waals surface area contributed by atoms with Gasteiger partial charge in [0, 0.05) is 56.4 Å². The maximum absolute atomic E-state index is 14.5. The van der Waals surface area contributed by atoms with Crippen LogP contribution in [0.4, 0.5) is 4.39 Å². The molecule has 1 aromatic carbocycles. The molecule has 6 heteroatoms. The van der Waals surface area contributed by atoms with E-state index in [0.717, 1.165) is 58.7 Å². The van der Waals surface area contributed by atoms with Crippen LogP contribution in [0.1, 0.15) is 24.4 Å². The molecule has 2 fully saturated rings. The lowest BCUT2D eigenvalue weighted by Crippen LogP contribution is -2.49. The summed E-state index contributed by atoms with van der Waals surface area (Å²) in [4.78, 5) is 4.65. The molecule has 23 heavy (non-hydrogen) atoms. The summed E-state index contributed by atoms with van der Waals surface area (Å²) in [5, 5.41) is 13.5.